The molecule has 1 N–H and O–H groups in total. The highest BCUT2D eigenvalue weighted by Gasteiger charge is 2.12. The number of nitrogens with zero attached hydrogens (tertiary/aromatic N) is 3. The Morgan fingerprint density at radius 2 is 2.05 bits per heavy atom. The number of aromatic nitrogens is 2. The standard InChI is InChI=1S/C13H16N4O2S/c1-17(2)20(18,19)16-9-11-5-7-15-13(8-11)12-4-3-6-14-10-12/h3-8,10,16H,9H2,1-2H3. The Labute approximate surface area is 118 Å². The van der Waals surface area contributed by atoms with Gasteiger partial charge in [0.15, 0.2) is 0 Å². The number of hydrogen-bond acceptors (Lipinski definition) is 4. The molecular formula is C13H16N4O2S. The van der Waals surface area contributed by atoms with E-state index < -0.39 is 10.2 Å². The summed E-state index contributed by atoms with van der Waals surface area (Å²) in [5.41, 5.74) is 2.49. The van der Waals surface area contributed by atoms with Gasteiger partial charge in [0.05, 0.1) is 5.69 Å². The van der Waals surface area contributed by atoms with Crippen molar-refractivity contribution in [1.82, 2.24) is 19.0 Å². The number of hydrogen-bond donors (Lipinski definition) is 1. The van der Waals surface area contributed by atoms with Gasteiger partial charge in [-0.1, -0.05) is 0 Å². The number of rotatable bonds is 5. The van der Waals surface area contributed by atoms with E-state index in [9.17, 15) is 8.42 Å². The molecule has 0 aromatic carbocycles. The van der Waals surface area contributed by atoms with Crippen LogP contribution in [0.15, 0.2) is 42.9 Å². The quantitative estimate of drug-likeness (QED) is 0.893. The monoisotopic (exact) mass is 292 g/mol. The molecule has 2 heterocycles. The third-order valence-corrected chi connectivity index (χ3v) is 4.19. The van der Waals surface area contributed by atoms with Gasteiger partial charge in [-0.15, -0.1) is 0 Å². The summed E-state index contributed by atoms with van der Waals surface area (Å²) in [6.07, 6.45) is 5.07. The molecule has 2 rings (SSSR count). The van der Waals surface area contributed by atoms with Gasteiger partial charge >= 0.3 is 0 Å². The van der Waals surface area contributed by atoms with Gasteiger partial charge in [0, 0.05) is 44.8 Å². The van der Waals surface area contributed by atoms with E-state index in [1.54, 1.807) is 24.7 Å². The highest BCUT2D eigenvalue weighted by Crippen LogP contribution is 2.16. The van der Waals surface area contributed by atoms with Crippen LogP contribution < -0.4 is 4.72 Å². The largest absolute Gasteiger partial charge is 0.279 e. The first-order valence-corrected chi connectivity index (χ1v) is 7.45. The highest BCUT2D eigenvalue weighted by atomic mass is 32.2. The summed E-state index contributed by atoms with van der Waals surface area (Å²) >= 11 is 0. The van der Waals surface area contributed by atoms with E-state index >= 15 is 0 Å². The molecule has 0 amide bonds. The van der Waals surface area contributed by atoms with Gasteiger partial charge in [-0.05, 0) is 29.8 Å². The van der Waals surface area contributed by atoms with Crippen molar-refractivity contribution in [3.63, 3.8) is 0 Å². The first kappa shape index (κ1) is 14.6. The van der Waals surface area contributed by atoms with Gasteiger partial charge in [-0.2, -0.15) is 17.4 Å². The predicted molar refractivity (Wildman–Crippen MR) is 76.9 cm³/mol. The summed E-state index contributed by atoms with van der Waals surface area (Å²) in [5.74, 6) is 0. The molecule has 0 spiro atoms. The molecule has 0 saturated carbocycles. The molecule has 2 aromatic rings. The lowest BCUT2D eigenvalue weighted by Crippen LogP contribution is -2.35. The van der Waals surface area contributed by atoms with Crippen LogP contribution in [-0.4, -0.2) is 36.8 Å². The molecule has 0 bridgehead atoms. The molecule has 0 aliphatic heterocycles. The van der Waals surface area contributed by atoms with E-state index in [2.05, 4.69) is 14.7 Å². The number of nitrogens with one attached hydrogen (secondary N) is 1. The third-order valence-electron chi connectivity index (χ3n) is 2.72. The zero-order chi connectivity index (χ0) is 14.6. The SMILES string of the molecule is CN(C)S(=O)(=O)NCc1ccnc(-c2cccnc2)c1. The Bertz CT molecular complexity index is 672. The summed E-state index contributed by atoms with van der Waals surface area (Å²) in [6.45, 7) is 0.219. The van der Waals surface area contributed by atoms with Crippen LogP contribution in [-0.2, 0) is 16.8 Å². The van der Waals surface area contributed by atoms with E-state index in [-0.39, 0.29) is 6.54 Å². The van der Waals surface area contributed by atoms with Crippen molar-refractivity contribution < 1.29 is 8.42 Å². The van der Waals surface area contributed by atoms with Crippen LogP contribution in [0.1, 0.15) is 5.56 Å². The summed E-state index contributed by atoms with van der Waals surface area (Å²) in [6, 6.07) is 7.36. The second-order valence-electron chi connectivity index (χ2n) is 4.40. The minimum atomic E-state index is -3.42. The minimum absolute atomic E-state index is 0.219. The second kappa shape index (κ2) is 6.08. The fraction of sp³-hybridized carbons (Fsp3) is 0.231. The first-order chi connectivity index (χ1) is 9.49. The smallest absolute Gasteiger partial charge is 0.264 e. The van der Waals surface area contributed by atoms with Gasteiger partial charge in [0.25, 0.3) is 10.2 Å². The molecule has 0 aliphatic carbocycles. The lowest BCUT2D eigenvalue weighted by atomic mass is 10.1. The molecule has 0 radical (unpaired) electrons. The molecular weight excluding hydrogens is 276 g/mol. The summed E-state index contributed by atoms with van der Waals surface area (Å²) in [7, 11) is -0.459. The van der Waals surface area contributed by atoms with Crippen LogP contribution >= 0.6 is 0 Å². The Kier molecular flexibility index (Phi) is 4.43. The van der Waals surface area contributed by atoms with E-state index in [4.69, 9.17) is 0 Å². The Balaban J connectivity index is 2.15. The molecule has 0 saturated heterocycles. The van der Waals surface area contributed by atoms with Crippen molar-refractivity contribution in [2.24, 2.45) is 0 Å². The van der Waals surface area contributed by atoms with Crippen molar-refractivity contribution >= 4 is 10.2 Å². The van der Waals surface area contributed by atoms with Crippen molar-refractivity contribution in [2.45, 2.75) is 6.54 Å². The van der Waals surface area contributed by atoms with E-state index in [1.165, 1.54) is 14.1 Å². The third kappa shape index (κ3) is 3.60. The first-order valence-electron chi connectivity index (χ1n) is 6.01. The average Bonchev–Trinajstić information content (AvgIpc) is 2.46. The summed E-state index contributed by atoms with van der Waals surface area (Å²) < 4.78 is 26.9. The van der Waals surface area contributed by atoms with Gasteiger partial charge < -0.3 is 0 Å². The molecule has 0 atom stereocenters. The van der Waals surface area contributed by atoms with Crippen LogP contribution in [0.5, 0.6) is 0 Å². The maximum absolute atomic E-state index is 11.6. The fourth-order valence-electron chi connectivity index (χ4n) is 1.56. The van der Waals surface area contributed by atoms with Gasteiger partial charge in [-0.3, -0.25) is 9.97 Å². The van der Waals surface area contributed by atoms with E-state index in [0.717, 1.165) is 21.1 Å². The molecule has 106 valence electrons. The molecule has 6 nitrogen and oxygen atoms in total. The van der Waals surface area contributed by atoms with Crippen LogP contribution in [0.25, 0.3) is 11.3 Å². The molecule has 0 unspecified atom stereocenters. The maximum Gasteiger partial charge on any atom is 0.279 e. The topological polar surface area (TPSA) is 75.2 Å². The zero-order valence-electron chi connectivity index (χ0n) is 11.3. The van der Waals surface area contributed by atoms with Gasteiger partial charge in [0.2, 0.25) is 0 Å². The molecule has 2 aromatic heterocycles. The fourth-order valence-corrected chi connectivity index (χ4v) is 2.17. The van der Waals surface area contributed by atoms with Crippen LogP contribution in [0.4, 0.5) is 0 Å². The average molecular weight is 292 g/mol. The van der Waals surface area contributed by atoms with Crippen LogP contribution in [0.2, 0.25) is 0 Å². The van der Waals surface area contributed by atoms with Crippen molar-refractivity contribution in [1.29, 1.82) is 0 Å². The maximum atomic E-state index is 11.6. The molecule has 7 heteroatoms. The lowest BCUT2D eigenvalue weighted by molar-refractivity contribution is 0.505. The lowest BCUT2D eigenvalue weighted by Gasteiger charge is -2.12. The summed E-state index contributed by atoms with van der Waals surface area (Å²) in [4.78, 5) is 8.30. The predicted octanol–water partition coefficient (Wildman–Crippen LogP) is 1.04. The van der Waals surface area contributed by atoms with Crippen LogP contribution in [0, 0.1) is 0 Å². The zero-order valence-corrected chi connectivity index (χ0v) is 12.1. The Morgan fingerprint density at radius 3 is 2.70 bits per heavy atom. The highest BCUT2D eigenvalue weighted by molar-refractivity contribution is 7.87. The second-order valence-corrected chi connectivity index (χ2v) is 6.37. The van der Waals surface area contributed by atoms with Crippen molar-refractivity contribution in [3.8, 4) is 11.3 Å². The van der Waals surface area contributed by atoms with Crippen molar-refractivity contribution in [3.05, 3.63) is 48.4 Å². The number of pyridine rings is 2. The van der Waals surface area contributed by atoms with Crippen molar-refractivity contribution in [2.75, 3.05) is 14.1 Å². The van der Waals surface area contributed by atoms with Crippen LogP contribution in [0.3, 0.4) is 0 Å². The normalized spacial score (nSPS) is 11.8. The summed E-state index contributed by atoms with van der Waals surface area (Å²) in [5, 5.41) is 0. The van der Waals surface area contributed by atoms with Gasteiger partial charge in [-0.25, -0.2) is 0 Å². The van der Waals surface area contributed by atoms with E-state index in [0.29, 0.717) is 0 Å². The Morgan fingerprint density at radius 1 is 1.25 bits per heavy atom. The molecule has 0 aliphatic rings. The van der Waals surface area contributed by atoms with Gasteiger partial charge in [0.1, 0.15) is 0 Å². The molecule has 0 fully saturated rings. The molecule has 20 heavy (non-hydrogen) atoms. The Hall–Kier alpha value is -1.83. The van der Waals surface area contributed by atoms with E-state index in [1.807, 2.05) is 18.2 Å². The minimum Gasteiger partial charge on any atom is -0.264 e.